The Morgan fingerprint density at radius 1 is 1.64 bits per heavy atom. The summed E-state index contributed by atoms with van der Waals surface area (Å²) >= 11 is 1.66. The highest BCUT2D eigenvalue weighted by molar-refractivity contribution is 7.99. The third-order valence-electron chi connectivity index (χ3n) is 2.48. The van der Waals surface area contributed by atoms with Gasteiger partial charge in [0.1, 0.15) is 12.7 Å². The van der Waals surface area contributed by atoms with Gasteiger partial charge in [0, 0.05) is 5.75 Å². The van der Waals surface area contributed by atoms with Crippen LogP contribution in [0.1, 0.15) is 12.8 Å². The second-order valence-corrected chi connectivity index (χ2v) is 4.44. The molecule has 1 aromatic rings. The van der Waals surface area contributed by atoms with Gasteiger partial charge in [-0.2, -0.15) is 16.9 Å². The molecule has 1 fully saturated rings. The summed E-state index contributed by atoms with van der Waals surface area (Å²) in [5.74, 6) is 0.797. The van der Waals surface area contributed by atoms with E-state index < -0.39 is 11.5 Å². The quantitative estimate of drug-likeness (QED) is 0.778. The van der Waals surface area contributed by atoms with Gasteiger partial charge in [-0.15, -0.1) is 0 Å². The molecule has 0 aromatic carbocycles. The van der Waals surface area contributed by atoms with Crippen molar-refractivity contribution < 1.29 is 9.90 Å². The van der Waals surface area contributed by atoms with E-state index in [-0.39, 0.29) is 0 Å². The molecule has 0 amide bonds. The molecule has 0 radical (unpaired) electrons. The minimum Gasteiger partial charge on any atom is -0.479 e. The number of thioether (sulfide) groups is 1. The molecule has 14 heavy (non-hydrogen) atoms. The number of nitrogens with zero attached hydrogens (tertiary/aromatic N) is 3. The topological polar surface area (TPSA) is 68.0 Å². The van der Waals surface area contributed by atoms with Crippen LogP contribution in [0.3, 0.4) is 0 Å². The highest BCUT2D eigenvalue weighted by Gasteiger charge is 2.42. The van der Waals surface area contributed by atoms with Gasteiger partial charge in [0.25, 0.3) is 0 Å². The first-order chi connectivity index (χ1) is 6.76. The Balaban J connectivity index is 2.35. The molecule has 1 saturated heterocycles. The van der Waals surface area contributed by atoms with Crippen molar-refractivity contribution in [3.05, 3.63) is 12.7 Å². The van der Waals surface area contributed by atoms with Gasteiger partial charge in [-0.05, 0) is 18.6 Å². The molecule has 1 unspecified atom stereocenters. The first kappa shape index (κ1) is 9.51. The zero-order valence-corrected chi connectivity index (χ0v) is 8.40. The largest absolute Gasteiger partial charge is 0.479 e. The smallest absolute Gasteiger partial charge is 0.332 e. The number of rotatable bonds is 2. The minimum absolute atomic E-state index is 0.575. The van der Waals surface area contributed by atoms with Gasteiger partial charge in [-0.3, -0.25) is 0 Å². The van der Waals surface area contributed by atoms with E-state index in [0.29, 0.717) is 12.2 Å². The van der Waals surface area contributed by atoms with Gasteiger partial charge in [0.05, 0.1) is 0 Å². The van der Waals surface area contributed by atoms with Crippen LogP contribution in [0.15, 0.2) is 12.7 Å². The first-order valence-corrected chi connectivity index (χ1v) is 5.57. The summed E-state index contributed by atoms with van der Waals surface area (Å²) in [6.45, 7) is 0. The normalized spacial score (nSPS) is 27.4. The van der Waals surface area contributed by atoms with E-state index in [0.717, 1.165) is 12.2 Å². The van der Waals surface area contributed by atoms with Crippen LogP contribution in [0.4, 0.5) is 0 Å². The molecule has 0 aliphatic carbocycles. The summed E-state index contributed by atoms with van der Waals surface area (Å²) in [6, 6.07) is 0. The van der Waals surface area contributed by atoms with E-state index >= 15 is 0 Å². The lowest BCUT2D eigenvalue weighted by Crippen LogP contribution is -2.46. The molecule has 2 rings (SSSR count). The summed E-state index contributed by atoms with van der Waals surface area (Å²) in [6.07, 6.45) is 4.42. The third kappa shape index (κ3) is 1.39. The van der Waals surface area contributed by atoms with Gasteiger partial charge in [0.2, 0.25) is 0 Å². The summed E-state index contributed by atoms with van der Waals surface area (Å²) in [7, 11) is 0. The summed E-state index contributed by atoms with van der Waals surface area (Å²) in [5, 5.41) is 13.2. The lowest BCUT2D eigenvalue weighted by molar-refractivity contribution is -0.147. The standard InChI is InChI=1S/C8H11N3O2S/c12-7(13)8(2-1-3-14-4-8)11-6-9-5-10-11/h5-6H,1-4H2,(H,12,13). The Morgan fingerprint density at radius 3 is 3.00 bits per heavy atom. The SMILES string of the molecule is O=C(O)C1(n2cncn2)CCCSC1. The third-order valence-corrected chi connectivity index (χ3v) is 3.73. The average molecular weight is 213 g/mol. The van der Waals surface area contributed by atoms with Crippen molar-refractivity contribution in [2.75, 3.05) is 11.5 Å². The fourth-order valence-corrected chi connectivity index (χ4v) is 2.89. The highest BCUT2D eigenvalue weighted by Crippen LogP contribution is 2.32. The fraction of sp³-hybridized carbons (Fsp3) is 0.625. The lowest BCUT2D eigenvalue weighted by Gasteiger charge is -2.32. The van der Waals surface area contributed by atoms with Gasteiger partial charge >= 0.3 is 5.97 Å². The zero-order valence-electron chi connectivity index (χ0n) is 7.59. The second kappa shape index (κ2) is 3.61. The van der Waals surface area contributed by atoms with Crippen molar-refractivity contribution in [1.82, 2.24) is 14.8 Å². The molecule has 1 aliphatic heterocycles. The van der Waals surface area contributed by atoms with Crippen LogP contribution in [0.5, 0.6) is 0 Å². The molecule has 1 N–H and O–H groups in total. The van der Waals surface area contributed by atoms with E-state index in [1.807, 2.05) is 0 Å². The molecular weight excluding hydrogens is 202 g/mol. The first-order valence-electron chi connectivity index (χ1n) is 4.42. The number of carboxylic acids is 1. The zero-order chi connectivity index (χ0) is 10.0. The molecule has 1 atom stereocenters. The van der Waals surface area contributed by atoms with Crippen molar-refractivity contribution in [2.24, 2.45) is 0 Å². The van der Waals surface area contributed by atoms with Crippen LogP contribution in [0.2, 0.25) is 0 Å². The van der Waals surface area contributed by atoms with Gasteiger partial charge in [-0.1, -0.05) is 0 Å². The van der Waals surface area contributed by atoms with Crippen molar-refractivity contribution in [1.29, 1.82) is 0 Å². The minimum atomic E-state index is -0.876. The molecule has 2 heterocycles. The molecule has 5 nitrogen and oxygen atoms in total. The summed E-state index contributed by atoms with van der Waals surface area (Å²) in [4.78, 5) is 15.1. The average Bonchev–Trinajstić information content (AvgIpc) is 2.72. The Hall–Kier alpha value is -1.04. The van der Waals surface area contributed by atoms with Crippen molar-refractivity contribution in [2.45, 2.75) is 18.4 Å². The number of aromatic nitrogens is 3. The van der Waals surface area contributed by atoms with Crippen LogP contribution in [-0.4, -0.2) is 37.3 Å². The van der Waals surface area contributed by atoms with Crippen LogP contribution < -0.4 is 0 Å². The molecule has 1 aromatic heterocycles. The number of hydrogen-bond donors (Lipinski definition) is 1. The second-order valence-electron chi connectivity index (χ2n) is 3.33. The van der Waals surface area contributed by atoms with Gasteiger partial charge in [-0.25, -0.2) is 14.5 Å². The number of hydrogen-bond acceptors (Lipinski definition) is 4. The van der Waals surface area contributed by atoms with Gasteiger partial charge < -0.3 is 5.11 Å². The molecule has 0 saturated carbocycles. The van der Waals surface area contributed by atoms with Crippen molar-refractivity contribution in [3.63, 3.8) is 0 Å². The van der Waals surface area contributed by atoms with E-state index in [1.165, 1.54) is 17.3 Å². The lowest BCUT2D eigenvalue weighted by atomic mass is 9.96. The number of carboxylic acid groups (broad SMARTS) is 1. The Bertz CT molecular complexity index is 319. The maximum atomic E-state index is 11.3. The Labute approximate surface area is 85.5 Å². The maximum absolute atomic E-state index is 11.3. The van der Waals surface area contributed by atoms with Gasteiger partial charge in [0.15, 0.2) is 5.54 Å². The predicted octanol–water partition coefficient (Wildman–Crippen LogP) is 0.585. The van der Waals surface area contributed by atoms with E-state index in [1.54, 1.807) is 11.8 Å². The molecular formula is C8H11N3O2S. The van der Waals surface area contributed by atoms with E-state index in [9.17, 15) is 9.90 Å². The molecule has 0 spiro atoms. The van der Waals surface area contributed by atoms with Crippen molar-refractivity contribution >= 4 is 17.7 Å². The highest BCUT2D eigenvalue weighted by atomic mass is 32.2. The molecule has 0 bridgehead atoms. The van der Waals surface area contributed by atoms with E-state index in [2.05, 4.69) is 10.1 Å². The fourth-order valence-electron chi connectivity index (χ4n) is 1.66. The number of carbonyl (C=O) groups is 1. The molecule has 1 aliphatic rings. The number of aliphatic carboxylic acids is 1. The monoisotopic (exact) mass is 213 g/mol. The van der Waals surface area contributed by atoms with Crippen LogP contribution >= 0.6 is 11.8 Å². The van der Waals surface area contributed by atoms with Crippen molar-refractivity contribution in [3.8, 4) is 0 Å². The molecule has 76 valence electrons. The summed E-state index contributed by atoms with van der Waals surface area (Å²) < 4.78 is 1.47. The van der Waals surface area contributed by atoms with Crippen LogP contribution in [0, 0.1) is 0 Å². The summed E-state index contributed by atoms with van der Waals surface area (Å²) in [5.41, 5.74) is -0.876. The molecule has 6 heteroatoms. The van der Waals surface area contributed by atoms with Crippen LogP contribution in [-0.2, 0) is 10.3 Å². The Morgan fingerprint density at radius 2 is 2.50 bits per heavy atom. The maximum Gasteiger partial charge on any atom is 0.332 e. The van der Waals surface area contributed by atoms with Crippen LogP contribution in [0.25, 0.3) is 0 Å². The Kier molecular flexibility index (Phi) is 2.45. The van der Waals surface area contributed by atoms with E-state index in [4.69, 9.17) is 0 Å². The predicted molar refractivity (Wildman–Crippen MR) is 52.2 cm³/mol.